The summed E-state index contributed by atoms with van der Waals surface area (Å²) in [6, 6.07) is 8.35. The SMILES string of the molecule is CCC(N)C(C)(CC(=O)OC)c1ccc(C(C)C)cc1. The smallest absolute Gasteiger partial charge is 0.306 e. The number of benzene rings is 1. The topological polar surface area (TPSA) is 52.3 Å². The molecule has 20 heavy (non-hydrogen) atoms. The van der Waals surface area contributed by atoms with Crippen LogP contribution in [-0.4, -0.2) is 19.1 Å². The summed E-state index contributed by atoms with van der Waals surface area (Å²) in [5, 5.41) is 0. The lowest BCUT2D eigenvalue weighted by Crippen LogP contribution is -2.44. The summed E-state index contributed by atoms with van der Waals surface area (Å²) in [7, 11) is 1.42. The minimum absolute atomic E-state index is 0.0773. The Morgan fingerprint density at radius 3 is 2.25 bits per heavy atom. The highest BCUT2D eigenvalue weighted by molar-refractivity contribution is 5.71. The van der Waals surface area contributed by atoms with Crippen molar-refractivity contribution in [2.75, 3.05) is 7.11 Å². The standard InChI is InChI=1S/C17H27NO2/c1-6-15(18)17(4,11-16(19)20-5)14-9-7-13(8-10-14)12(2)3/h7-10,12,15H,6,11,18H2,1-5H3. The van der Waals surface area contributed by atoms with Crippen molar-refractivity contribution in [3.05, 3.63) is 35.4 Å². The zero-order valence-electron chi connectivity index (χ0n) is 13.3. The zero-order valence-corrected chi connectivity index (χ0v) is 13.3. The summed E-state index contributed by atoms with van der Waals surface area (Å²) in [4.78, 5) is 11.7. The zero-order chi connectivity index (χ0) is 15.3. The number of ether oxygens (including phenoxy) is 1. The molecule has 0 amide bonds. The van der Waals surface area contributed by atoms with Crippen molar-refractivity contribution in [2.24, 2.45) is 5.73 Å². The van der Waals surface area contributed by atoms with Crippen molar-refractivity contribution in [1.29, 1.82) is 0 Å². The third-order valence-electron chi connectivity index (χ3n) is 4.23. The molecule has 112 valence electrons. The van der Waals surface area contributed by atoms with Gasteiger partial charge >= 0.3 is 5.97 Å². The van der Waals surface area contributed by atoms with Crippen LogP contribution < -0.4 is 5.73 Å². The Balaban J connectivity index is 3.13. The van der Waals surface area contributed by atoms with E-state index in [0.29, 0.717) is 12.3 Å². The second-order valence-corrected chi connectivity index (χ2v) is 5.96. The van der Waals surface area contributed by atoms with Gasteiger partial charge in [-0.05, 0) is 23.5 Å². The summed E-state index contributed by atoms with van der Waals surface area (Å²) in [6.45, 7) is 8.42. The Bertz CT molecular complexity index is 439. The van der Waals surface area contributed by atoms with Crippen molar-refractivity contribution in [3.63, 3.8) is 0 Å². The minimum atomic E-state index is -0.392. The van der Waals surface area contributed by atoms with Crippen LogP contribution >= 0.6 is 0 Å². The minimum Gasteiger partial charge on any atom is -0.469 e. The van der Waals surface area contributed by atoms with E-state index in [0.717, 1.165) is 12.0 Å². The van der Waals surface area contributed by atoms with Crippen LogP contribution in [0.25, 0.3) is 0 Å². The molecule has 1 aromatic rings. The average Bonchev–Trinajstić information content (AvgIpc) is 2.45. The van der Waals surface area contributed by atoms with Gasteiger partial charge in [0, 0.05) is 11.5 Å². The number of hydrogen-bond donors (Lipinski definition) is 1. The third kappa shape index (κ3) is 3.60. The predicted octanol–water partition coefficient (Wildman–Crippen LogP) is 3.37. The molecule has 2 unspecified atom stereocenters. The first-order valence-corrected chi connectivity index (χ1v) is 7.28. The van der Waals surface area contributed by atoms with Gasteiger partial charge in [0.1, 0.15) is 0 Å². The van der Waals surface area contributed by atoms with Gasteiger partial charge in [-0.25, -0.2) is 0 Å². The number of rotatable bonds is 6. The fraction of sp³-hybridized carbons (Fsp3) is 0.588. The molecule has 0 aromatic heterocycles. The van der Waals surface area contributed by atoms with Crippen LogP contribution in [0.1, 0.15) is 57.6 Å². The van der Waals surface area contributed by atoms with Gasteiger partial charge in [-0.3, -0.25) is 4.79 Å². The van der Waals surface area contributed by atoms with Crippen LogP contribution in [0, 0.1) is 0 Å². The highest BCUT2D eigenvalue weighted by Crippen LogP contribution is 2.33. The van der Waals surface area contributed by atoms with E-state index in [-0.39, 0.29) is 12.0 Å². The molecule has 0 saturated heterocycles. The molecule has 2 atom stereocenters. The molecule has 0 radical (unpaired) electrons. The van der Waals surface area contributed by atoms with Crippen LogP contribution in [0.3, 0.4) is 0 Å². The molecule has 1 rings (SSSR count). The van der Waals surface area contributed by atoms with E-state index in [4.69, 9.17) is 10.5 Å². The fourth-order valence-corrected chi connectivity index (χ4v) is 2.52. The Labute approximate surface area is 122 Å². The molecule has 3 nitrogen and oxygen atoms in total. The van der Waals surface area contributed by atoms with Gasteiger partial charge in [0.05, 0.1) is 13.5 Å². The molecule has 0 heterocycles. The first kappa shape index (κ1) is 16.7. The molecule has 0 saturated carbocycles. The van der Waals surface area contributed by atoms with Crippen LogP contribution in [0.5, 0.6) is 0 Å². The molecule has 0 spiro atoms. The van der Waals surface area contributed by atoms with E-state index in [1.54, 1.807) is 0 Å². The van der Waals surface area contributed by atoms with Gasteiger partial charge in [0.15, 0.2) is 0 Å². The normalized spacial score (nSPS) is 15.8. The lowest BCUT2D eigenvalue weighted by molar-refractivity contribution is -0.142. The monoisotopic (exact) mass is 277 g/mol. The number of esters is 1. The molecule has 0 aliphatic heterocycles. The molecular formula is C17H27NO2. The summed E-state index contributed by atoms with van der Waals surface area (Å²) < 4.78 is 4.83. The van der Waals surface area contributed by atoms with E-state index < -0.39 is 5.41 Å². The van der Waals surface area contributed by atoms with Crippen molar-refractivity contribution in [3.8, 4) is 0 Å². The second kappa shape index (κ2) is 6.89. The Kier molecular flexibility index (Phi) is 5.75. The van der Waals surface area contributed by atoms with Crippen LogP contribution in [-0.2, 0) is 14.9 Å². The highest BCUT2D eigenvalue weighted by atomic mass is 16.5. The third-order valence-corrected chi connectivity index (χ3v) is 4.23. The van der Waals surface area contributed by atoms with E-state index in [1.165, 1.54) is 12.7 Å². The quantitative estimate of drug-likeness (QED) is 0.811. The molecule has 0 bridgehead atoms. The van der Waals surface area contributed by atoms with Gasteiger partial charge in [0.2, 0.25) is 0 Å². The lowest BCUT2D eigenvalue weighted by atomic mass is 9.72. The Morgan fingerprint density at radius 1 is 1.30 bits per heavy atom. The lowest BCUT2D eigenvalue weighted by Gasteiger charge is -2.35. The maximum Gasteiger partial charge on any atom is 0.306 e. The van der Waals surface area contributed by atoms with Crippen LogP contribution in [0.4, 0.5) is 0 Å². The molecule has 0 aliphatic carbocycles. The summed E-state index contributed by atoms with van der Waals surface area (Å²) >= 11 is 0. The molecule has 2 N–H and O–H groups in total. The van der Waals surface area contributed by atoms with E-state index in [1.807, 2.05) is 13.8 Å². The fourth-order valence-electron chi connectivity index (χ4n) is 2.52. The number of carbonyl (C=O) groups excluding carboxylic acids is 1. The Hall–Kier alpha value is -1.35. The highest BCUT2D eigenvalue weighted by Gasteiger charge is 2.35. The molecule has 1 aromatic carbocycles. The molecule has 3 heteroatoms. The summed E-state index contributed by atoms with van der Waals surface area (Å²) in [5.74, 6) is 0.278. The van der Waals surface area contributed by atoms with Crippen molar-refractivity contribution in [1.82, 2.24) is 0 Å². The molecule has 0 aliphatic rings. The first-order chi connectivity index (χ1) is 9.35. The van der Waals surface area contributed by atoms with Crippen LogP contribution in [0.2, 0.25) is 0 Å². The first-order valence-electron chi connectivity index (χ1n) is 7.28. The summed E-state index contributed by atoms with van der Waals surface area (Å²) in [5.41, 5.74) is 8.27. The van der Waals surface area contributed by atoms with E-state index >= 15 is 0 Å². The largest absolute Gasteiger partial charge is 0.469 e. The number of methoxy groups -OCH3 is 1. The number of carbonyl (C=O) groups is 1. The van der Waals surface area contributed by atoms with E-state index in [2.05, 4.69) is 38.1 Å². The van der Waals surface area contributed by atoms with E-state index in [9.17, 15) is 4.79 Å². The van der Waals surface area contributed by atoms with Gasteiger partial charge in [-0.15, -0.1) is 0 Å². The van der Waals surface area contributed by atoms with Gasteiger partial charge in [-0.1, -0.05) is 52.0 Å². The van der Waals surface area contributed by atoms with Gasteiger partial charge < -0.3 is 10.5 Å². The van der Waals surface area contributed by atoms with Gasteiger partial charge in [-0.2, -0.15) is 0 Å². The maximum absolute atomic E-state index is 11.7. The maximum atomic E-state index is 11.7. The van der Waals surface area contributed by atoms with Crippen LogP contribution in [0.15, 0.2) is 24.3 Å². The summed E-state index contributed by atoms with van der Waals surface area (Å²) in [6.07, 6.45) is 1.12. The number of hydrogen-bond acceptors (Lipinski definition) is 3. The van der Waals surface area contributed by atoms with Crippen molar-refractivity contribution < 1.29 is 9.53 Å². The Morgan fingerprint density at radius 2 is 1.85 bits per heavy atom. The number of nitrogens with two attached hydrogens (primary N) is 1. The van der Waals surface area contributed by atoms with Crippen molar-refractivity contribution >= 4 is 5.97 Å². The molecule has 0 fully saturated rings. The van der Waals surface area contributed by atoms with Crippen molar-refractivity contribution in [2.45, 2.75) is 57.9 Å². The second-order valence-electron chi connectivity index (χ2n) is 5.96. The van der Waals surface area contributed by atoms with Gasteiger partial charge in [0.25, 0.3) is 0 Å². The predicted molar refractivity (Wildman–Crippen MR) is 82.8 cm³/mol. The molecular weight excluding hydrogens is 250 g/mol. The average molecular weight is 277 g/mol.